The van der Waals surface area contributed by atoms with Crippen LogP contribution < -0.4 is 4.74 Å². The van der Waals surface area contributed by atoms with Crippen molar-refractivity contribution in [2.75, 3.05) is 26.3 Å². The first-order chi connectivity index (χ1) is 11.8. The molecule has 7 nitrogen and oxygen atoms in total. The first-order valence-electron chi connectivity index (χ1n) is 8.01. The monoisotopic (exact) mass is 326 g/mol. The van der Waals surface area contributed by atoms with Gasteiger partial charge in [0.1, 0.15) is 5.60 Å². The van der Waals surface area contributed by atoms with Crippen molar-refractivity contribution in [1.29, 1.82) is 0 Å². The van der Waals surface area contributed by atoms with Gasteiger partial charge in [-0.1, -0.05) is 6.07 Å². The maximum absolute atomic E-state index is 12.4. The Hall–Kier alpha value is -2.54. The Balaban J connectivity index is 1.37. The van der Waals surface area contributed by atoms with Crippen LogP contribution in [0.2, 0.25) is 0 Å². The van der Waals surface area contributed by atoms with E-state index in [4.69, 9.17) is 9.47 Å². The van der Waals surface area contributed by atoms with Gasteiger partial charge in [0.25, 0.3) is 5.91 Å². The average Bonchev–Trinajstić information content (AvgIpc) is 3.04. The number of hydrogen-bond donors (Lipinski definition) is 0. The smallest absolute Gasteiger partial charge is 0.291 e. The highest BCUT2D eigenvalue weighted by Crippen LogP contribution is 2.40. The van der Waals surface area contributed by atoms with Gasteiger partial charge in [0.15, 0.2) is 0 Å². The Morgan fingerprint density at radius 3 is 2.75 bits per heavy atom. The van der Waals surface area contributed by atoms with Gasteiger partial charge in [-0.05, 0) is 18.6 Å². The van der Waals surface area contributed by atoms with E-state index >= 15 is 0 Å². The number of hydrogen-bond acceptors (Lipinski definition) is 6. The van der Waals surface area contributed by atoms with Crippen molar-refractivity contribution >= 4 is 5.91 Å². The molecule has 0 aliphatic carbocycles. The van der Waals surface area contributed by atoms with Gasteiger partial charge in [0.05, 0.1) is 19.7 Å². The van der Waals surface area contributed by atoms with Crippen molar-refractivity contribution < 1.29 is 14.3 Å². The van der Waals surface area contributed by atoms with Crippen molar-refractivity contribution in [3.05, 3.63) is 48.7 Å². The number of likely N-dealkylation sites (tertiary alicyclic amines) is 1. The van der Waals surface area contributed by atoms with Gasteiger partial charge in [-0.2, -0.15) is 0 Å². The molecule has 1 spiro atoms. The van der Waals surface area contributed by atoms with Gasteiger partial charge < -0.3 is 14.4 Å². The molecule has 0 bridgehead atoms. The maximum Gasteiger partial charge on any atom is 0.291 e. The van der Waals surface area contributed by atoms with Crippen molar-refractivity contribution in [1.82, 2.24) is 19.9 Å². The summed E-state index contributed by atoms with van der Waals surface area (Å²) in [5.74, 6) is 0.942. The number of amides is 1. The molecular weight excluding hydrogens is 308 g/mol. The number of aromatic nitrogens is 3. The van der Waals surface area contributed by atoms with Crippen LogP contribution >= 0.6 is 0 Å². The number of carbonyl (C=O) groups excluding carboxylic acids is 1. The fraction of sp³-hybridized carbons (Fsp3) is 0.412. The Kier molecular flexibility index (Phi) is 3.86. The molecule has 0 radical (unpaired) electrons. The van der Waals surface area contributed by atoms with Crippen molar-refractivity contribution in [3.8, 4) is 5.88 Å². The summed E-state index contributed by atoms with van der Waals surface area (Å²) in [6.45, 7) is 2.35. The van der Waals surface area contributed by atoms with E-state index in [0.29, 0.717) is 32.2 Å². The minimum absolute atomic E-state index is 0.152. The summed E-state index contributed by atoms with van der Waals surface area (Å²) in [7, 11) is 0. The molecule has 4 rings (SSSR count). The standard InChI is InChI=1S/C17H18N4O3/c22-16(15-19-7-3-8-20-15)21-11-17(12-21)13(5-9-24-17)10-23-14-4-1-2-6-18-14/h1-4,6-8,13H,5,9-12H2/t13-/m0/s1. The van der Waals surface area contributed by atoms with Gasteiger partial charge in [-0.25, -0.2) is 15.0 Å². The zero-order valence-corrected chi connectivity index (χ0v) is 13.2. The second-order valence-corrected chi connectivity index (χ2v) is 6.11. The van der Waals surface area contributed by atoms with Crippen LogP contribution in [-0.2, 0) is 4.74 Å². The topological polar surface area (TPSA) is 77.4 Å². The zero-order valence-electron chi connectivity index (χ0n) is 13.2. The predicted octanol–water partition coefficient (Wildman–Crippen LogP) is 1.18. The first-order valence-corrected chi connectivity index (χ1v) is 8.01. The fourth-order valence-electron chi connectivity index (χ4n) is 3.28. The lowest BCUT2D eigenvalue weighted by atomic mass is 9.81. The summed E-state index contributed by atoms with van der Waals surface area (Å²) in [4.78, 5) is 26.3. The second kappa shape index (κ2) is 6.16. The van der Waals surface area contributed by atoms with E-state index < -0.39 is 0 Å². The van der Waals surface area contributed by atoms with Crippen LogP contribution in [0.15, 0.2) is 42.9 Å². The molecule has 2 aliphatic heterocycles. The van der Waals surface area contributed by atoms with E-state index in [1.54, 1.807) is 29.6 Å². The zero-order chi connectivity index (χ0) is 16.4. The van der Waals surface area contributed by atoms with Crippen molar-refractivity contribution in [3.63, 3.8) is 0 Å². The van der Waals surface area contributed by atoms with Gasteiger partial charge in [-0.3, -0.25) is 4.79 Å². The molecule has 2 fully saturated rings. The molecule has 124 valence electrons. The van der Waals surface area contributed by atoms with E-state index in [1.165, 1.54) is 0 Å². The molecule has 1 atom stereocenters. The lowest BCUT2D eigenvalue weighted by Crippen LogP contribution is -2.66. The first kappa shape index (κ1) is 15.0. The van der Waals surface area contributed by atoms with E-state index in [2.05, 4.69) is 15.0 Å². The highest BCUT2D eigenvalue weighted by molar-refractivity contribution is 5.91. The molecule has 4 heterocycles. The molecule has 24 heavy (non-hydrogen) atoms. The summed E-state index contributed by atoms with van der Waals surface area (Å²) in [6, 6.07) is 7.28. The highest BCUT2D eigenvalue weighted by Gasteiger charge is 2.55. The minimum Gasteiger partial charge on any atom is -0.477 e. The SMILES string of the molecule is O=C(c1ncccn1)N1CC2(C1)OCC[C@H]2COc1ccccn1. The van der Waals surface area contributed by atoms with Crippen LogP contribution in [0.25, 0.3) is 0 Å². The summed E-state index contributed by atoms with van der Waals surface area (Å²) in [5, 5.41) is 0. The predicted molar refractivity (Wildman–Crippen MR) is 84.5 cm³/mol. The fourth-order valence-corrected chi connectivity index (χ4v) is 3.28. The summed E-state index contributed by atoms with van der Waals surface area (Å²) >= 11 is 0. The van der Waals surface area contributed by atoms with Crippen LogP contribution in [0.5, 0.6) is 5.88 Å². The van der Waals surface area contributed by atoms with Crippen molar-refractivity contribution in [2.24, 2.45) is 5.92 Å². The summed E-state index contributed by atoms with van der Waals surface area (Å²) < 4.78 is 11.7. The molecule has 0 N–H and O–H groups in total. The second-order valence-electron chi connectivity index (χ2n) is 6.11. The third-order valence-corrected chi connectivity index (χ3v) is 4.63. The molecule has 0 unspecified atom stereocenters. The number of nitrogens with zero attached hydrogens (tertiary/aromatic N) is 4. The molecule has 1 amide bonds. The van der Waals surface area contributed by atoms with Crippen LogP contribution in [0.3, 0.4) is 0 Å². The van der Waals surface area contributed by atoms with E-state index in [0.717, 1.165) is 6.42 Å². The van der Waals surface area contributed by atoms with E-state index in [1.807, 2.05) is 18.2 Å². The minimum atomic E-state index is -0.306. The average molecular weight is 326 g/mol. The van der Waals surface area contributed by atoms with Crippen LogP contribution in [0.1, 0.15) is 17.0 Å². The van der Waals surface area contributed by atoms with Crippen LogP contribution in [0, 0.1) is 5.92 Å². The number of ether oxygens (including phenoxy) is 2. The van der Waals surface area contributed by atoms with E-state index in [-0.39, 0.29) is 23.3 Å². The van der Waals surface area contributed by atoms with E-state index in [9.17, 15) is 4.79 Å². The lowest BCUT2D eigenvalue weighted by Gasteiger charge is -2.49. The molecule has 2 aromatic heterocycles. The molecule has 0 saturated carbocycles. The molecule has 2 aliphatic rings. The Morgan fingerprint density at radius 1 is 1.21 bits per heavy atom. The largest absolute Gasteiger partial charge is 0.477 e. The van der Waals surface area contributed by atoms with Crippen LogP contribution in [0.4, 0.5) is 0 Å². The number of carbonyl (C=O) groups is 1. The molecule has 7 heteroatoms. The molecule has 2 saturated heterocycles. The Bertz CT molecular complexity index is 704. The highest BCUT2D eigenvalue weighted by atomic mass is 16.5. The Labute approximate surface area is 139 Å². The summed E-state index contributed by atoms with van der Waals surface area (Å²) in [6.07, 6.45) is 5.79. The summed E-state index contributed by atoms with van der Waals surface area (Å²) in [5.41, 5.74) is -0.306. The maximum atomic E-state index is 12.4. The van der Waals surface area contributed by atoms with Crippen LogP contribution in [-0.4, -0.2) is 57.7 Å². The van der Waals surface area contributed by atoms with Gasteiger partial charge in [-0.15, -0.1) is 0 Å². The molecular formula is C17H18N4O3. The number of rotatable bonds is 4. The third-order valence-electron chi connectivity index (χ3n) is 4.63. The molecule has 2 aromatic rings. The molecule has 0 aromatic carbocycles. The Morgan fingerprint density at radius 2 is 2.00 bits per heavy atom. The third kappa shape index (κ3) is 2.71. The normalized spacial score (nSPS) is 21.5. The van der Waals surface area contributed by atoms with Crippen molar-refractivity contribution in [2.45, 2.75) is 12.0 Å². The van der Waals surface area contributed by atoms with Gasteiger partial charge >= 0.3 is 0 Å². The lowest BCUT2D eigenvalue weighted by molar-refractivity contribution is -0.122. The number of pyridine rings is 1. The van der Waals surface area contributed by atoms with Gasteiger partial charge in [0, 0.05) is 37.2 Å². The quantitative estimate of drug-likeness (QED) is 0.840. The van der Waals surface area contributed by atoms with Gasteiger partial charge in [0.2, 0.25) is 11.7 Å².